The standard InChI is InChI=1S/C10H17ClO2/c1-3-4-5-6-7-8-9(11)10(12)13-2/h7-9H,3-6H2,1-2H3/b8-7+/t9-/m0/s1. The van der Waals surface area contributed by atoms with Crippen LogP contribution in [0.2, 0.25) is 0 Å². The summed E-state index contributed by atoms with van der Waals surface area (Å²) in [6, 6.07) is 0. The van der Waals surface area contributed by atoms with Crippen molar-refractivity contribution < 1.29 is 9.53 Å². The molecule has 3 heteroatoms. The highest BCUT2D eigenvalue weighted by Crippen LogP contribution is 2.04. The monoisotopic (exact) mass is 204 g/mol. The molecule has 0 aliphatic heterocycles. The minimum atomic E-state index is -0.633. The number of methoxy groups -OCH3 is 1. The molecule has 0 aliphatic rings. The van der Waals surface area contributed by atoms with Gasteiger partial charge in [-0.25, -0.2) is 0 Å². The first-order valence-electron chi connectivity index (χ1n) is 4.61. The number of allylic oxidation sites excluding steroid dienone is 1. The Labute approximate surface area is 84.9 Å². The topological polar surface area (TPSA) is 26.3 Å². The smallest absolute Gasteiger partial charge is 0.327 e. The number of ether oxygens (including phenoxy) is 1. The fraction of sp³-hybridized carbons (Fsp3) is 0.700. The number of esters is 1. The SMILES string of the molecule is CCCCC/C=C/[C@H](Cl)C(=O)OC. The Morgan fingerprint density at radius 3 is 2.77 bits per heavy atom. The fourth-order valence-electron chi connectivity index (χ4n) is 0.919. The number of unbranched alkanes of at least 4 members (excludes halogenated alkanes) is 3. The third kappa shape index (κ3) is 6.64. The summed E-state index contributed by atoms with van der Waals surface area (Å²) in [5.74, 6) is -0.395. The van der Waals surface area contributed by atoms with E-state index in [0.29, 0.717) is 0 Å². The van der Waals surface area contributed by atoms with Crippen molar-refractivity contribution in [3.05, 3.63) is 12.2 Å². The molecule has 0 aliphatic carbocycles. The number of carbonyl (C=O) groups excluding carboxylic acids is 1. The van der Waals surface area contributed by atoms with Crippen LogP contribution in [0.5, 0.6) is 0 Å². The second-order valence-electron chi connectivity index (χ2n) is 2.85. The van der Waals surface area contributed by atoms with Crippen molar-refractivity contribution in [2.75, 3.05) is 7.11 Å². The molecule has 0 saturated heterocycles. The molecule has 76 valence electrons. The number of halogens is 1. The Morgan fingerprint density at radius 2 is 2.23 bits per heavy atom. The van der Waals surface area contributed by atoms with Crippen LogP contribution in [-0.2, 0) is 9.53 Å². The zero-order valence-corrected chi connectivity index (χ0v) is 9.01. The van der Waals surface area contributed by atoms with Crippen LogP contribution in [0.1, 0.15) is 32.6 Å². The lowest BCUT2D eigenvalue weighted by molar-refractivity contribution is -0.139. The van der Waals surface area contributed by atoms with E-state index < -0.39 is 11.3 Å². The normalized spacial score (nSPS) is 13.2. The zero-order chi connectivity index (χ0) is 10.1. The summed E-state index contributed by atoms with van der Waals surface area (Å²) in [6.45, 7) is 2.16. The summed E-state index contributed by atoms with van der Waals surface area (Å²) in [4.78, 5) is 10.8. The summed E-state index contributed by atoms with van der Waals surface area (Å²) >= 11 is 5.68. The first-order chi connectivity index (χ1) is 6.22. The van der Waals surface area contributed by atoms with E-state index in [4.69, 9.17) is 11.6 Å². The second kappa shape index (κ2) is 8.11. The molecule has 0 unspecified atom stereocenters. The molecule has 0 aromatic carbocycles. The van der Waals surface area contributed by atoms with Crippen LogP contribution < -0.4 is 0 Å². The average molecular weight is 205 g/mol. The summed E-state index contributed by atoms with van der Waals surface area (Å²) in [5.41, 5.74) is 0. The second-order valence-corrected chi connectivity index (χ2v) is 3.32. The van der Waals surface area contributed by atoms with E-state index in [1.165, 1.54) is 20.0 Å². The molecule has 0 amide bonds. The Morgan fingerprint density at radius 1 is 1.54 bits per heavy atom. The summed E-state index contributed by atoms with van der Waals surface area (Å²) in [6.07, 6.45) is 8.17. The molecular formula is C10H17ClO2. The molecule has 0 rings (SSSR count). The predicted octanol–water partition coefficient (Wildman–Crippen LogP) is 2.90. The van der Waals surface area contributed by atoms with E-state index in [1.54, 1.807) is 6.08 Å². The molecule has 0 fully saturated rings. The molecule has 0 spiro atoms. The Kier molecular flexibility index (Phi) is 7.80. The molecule has 0 radical (unpaired) electrons. The lowest BCUT2D eigenvalue weighted by Gasteiger charge is -2.00. The molecule has 0 saturated carbocycles. The zero-order valence-electron chi connectivity index (χ0n) is 8.25. The van der Waals surface area contributed by atoms with Gasteiger partial charge < -0.3 is 4.74 Å². The van der Waals surface area contributed by atoms with Crippen molar-refractivity contribution in [2.24, 2.45) is 0 Å². The Balaban J connectivity index is 3.53. The molecule has 0 heterocycles. The quantitative estimate of drug-likeness (QED) is 0.288. The maximum Gasteiger partial charge on any atom is 0.327 e. The number of carbonyl (C=O) groups is 1. The van der Waals surface area contributed by atoms with E-state index in [1.807, 2.05) is 6.08 Å². The van der Waals surface area contributed by atoms with Crippen LogP contribution in [0.4, 0.5) is 0 Å². The van der Waals surface area contributed by atoms with Crippen LogP contribution >= 0.6 is 11.6 Å². The maximum absolute atomic E-state index is 10.8. The average Bonchev–Trinajstić information content (AvgIpc) is 2.16. The minimum absolute atomic E-state index is 0.395. The summed E-state index contributed by atoms with van der Waals surface area (Å²) in [7, 11) is 1.34. The molecule has 0 bridgehead atoms. The number of alkyl halides is 1. The highest BCUT2D eigenvalue weighted by atomic mass is 35.5. The maximum atomic E-state index is 10.8. The van der Waals surface area contributed by atoms with Crippen LogP contribution in [0.15, 0.2) is 12.2 Å². The van der Waals surface area contributed by atoms with Crippen molar-refractivity contribution >= 4 is 17.6 Å². The van der Waals surface area contributed by atoms with Crippen LogP contribution in [0.3, 0.4) is 0 Å². The van der Waals surface area contributed by atoms with Gasteiger partial charge in [-0.3, -0.25) is 4.79 Å². The molecular weight excluding hydrogens is 188 g/mol. The van der Waals surface area contributed by atoms with Gasteiger partial charge in [0.2, 0.25) is 0 Å². The van der Waals surface area contributed by atoms with E-state index in [9.17, 15) is 4.79 Å². The van der Waals surface area contributed by atoms with Gasteiger partial charge in [-0.2, -0.15) is 0 Å². The molecule has 1 atom stereocenters. The molecule has 0 N–H and O–H groups in total. The van der Waals surface area contributed by atoms with Gasteiger partial charge >= 0.3 is 5.97 Å². The fourth-order valence-corrected chi connectivity index (χ4v) is 1.11. The lowest BCUT2D eigenvalue weighted by Crippen LogP contribution is -2.12. The highest BCUT2D eigenvalue weighted by Gasteiger charge is 2.10. The summed E-state index contributed by atoms with van der Waals surface area (Å²) in [5, 5.41) is -0.633. The first kappa shape index (κ1) is 12.5. The third-order valence-corrected chi connectivity index (χ3v) is 2.03. The van der Waals surface area contributed by atoms with Crippen LogP contribution in [0, 0.1) is 0 Å². The van der Waals surface area contributed by atoms with E-state index in [2.05, 4.69) is 11.7 Å². The highest BCUT2D eigenvalue weighted by molar-refractivity contribution is 6.31. The van der Waals surface area contributed by atoms with Crippen molar-refractivity contribution in [2.45, 2.75) is 38.0 Å². The van der Waals surface area contributed by atoms with E-state index >= 15 is 0 Å². The molecule has 2 nitrogen and oxygen atoms in total. The number of hydrogen-bond donors (Lipinski definition) is 0. The van der Waals surface area contributed by atoms with Gasteiger partial charge in [0.25, 0.3) is 0 Å². The van der Waals surface area contributed by atoms with E-state index in [0.717, 1.165) is 12.8 Å². The molecule has 13 heavy (non-hydrogen) atoms. The van der Waals surface area contributed by atoms with Gasteiger partial charge in [-0.15, -0.1) is 11.6 Å². The number of hydrogen-bond acceptors (Lipinski definition) is 2. The Hall–Kier alpha value is -0.500. The Bertz CT molecular complexity index is 166. The van der Waals surface area contributed by atoms with Gasteiger partial charge in [0.15, 0.2) is 0 Å². The summed E-state index contributed by atoms with van der Waals surface area (Å²) < 4.78 is 4.47. The predicted molar refractivity (Wildman–Crippen MR) is 54.9 cm³/mol. The van der Waals surface area contributed by atoms with Crippen molar-refractivity contribution in [1.29, 1.82) is 0 Å². The van der Waals surface area contributed by atoms with Gasteiger partial charge in [0.05, 0.1) is 7.11 Å². The van der Waals surface area contributed by atoms with Gasteiger partial charge in [-0.1, -0.05) is 31.9 Å². The van der Waals surface area contributed by atoms with Crippen molar-refractivity contribution in [3.8, 4) is 0 Å². The third-order valence-electron chi connectivity index (χ3n) is 1.71. The largest absolute Gasteiger partial charge is 0.468 e. The van der Waals surface area contributed by atoms with Gasteiger partial charge in [0.1, 0.15) is 5.38 Å². The molecule has 0 aromatic rings. The number of rotatable bonds is 6. The van der Waals surface area contributed by atoms with Crippen LogP contribution in [0.25, 0.3) is 0 Å². The van der Waals surface area contributed by atoms with Gasteiger partial charge in [-0.05, 0) is 12.8 Å². The van der Waals surface area contributed by atoms with Crippen molar-refractivity contribution in [3.63, 3.8) is 0 Å². The minimum Gasteiger partial charge on any atom is -0.468 e. The van der Waals surface area contributed by atoms with Gasteiger partial charge in [0, 0.05) is 0 Å². The van der Waals surface area contributed by atoms with Crippen molar-refractivity contribution in [1.82, 2.24) is 0 Å². The van der Waals surface area contributed by atoms with Crippen LogP contribution in [-0.4, -0.2) is 18.5 Å². The molecule has 0 aromatic heterocycles. The lowest BCUT2D eigenvalue weighted by atomic mass is 10.2. The van der Waals surface area contributed by atoms with E-state index in [-0.39, 0.29) is 0 Å². The first-order valence-corrected chi connectivity index (χ1v) is 5.04.